The number of halogens is 1. The first kappa shape index (κ1) is 8.41. The van der Waals surface area contributed by atoms with Gasteiger partial charge in [-0.2, -0.15) is 4.39 Å². The van der Waals surface area contributed by atoms with Gasteiger partial charge < -0.3 is 5.43 Å². The Labute approximate surface area is 67.1 Å². The molecule has 64 valence electrons. The van der Waals surface area contributed by atoms with Crippen LogP contribution in [0, 0.1) is 15.9 Å². The Morgan fingerprint density at radius 1 is 1.58 bits per heavy atom. The average Bonchev–Trinajstić information content (AvgIpc) is 2.04. The third-order valence-electron chi connectivity index (χ3n) is 1.33. The van der Waals surface area contributed by atoms with E-state index in [1.165, 1.54) is 12.1 Å². The van der Waals surface area contributed by atoms with Gasteiger partial charge in [0.2, 0.25) is 5.82 Å². The second-order valence-electron chi connectivity index (χ2n) is 2.04. The van der Waals surface area contributed by atoms with Gasteiger partial charge in [0.15, 0.2) is 0 Å². The largest absolute Gasteiger partial charge is 0.321 e. The van der Waals surface area contributed by atoms with Crippen molar-refractivity contribution in [2.75, 3.05) is 5.43 Å². The van der Waals surface area contributed by atoms with Crippen molar-refractivity contribution in [1.29, 1.82) is 0 Å². The Hall–Kier alpha value is -1.69. The molecule has 0 radical (unpaired) electrons. The van der Waals surface area contributed by atoms with Crippen LogP contribution < -0.4 is 11.3 Å². The van der Waals surface area contributed by atoms with Crippen LogP contribution in [0.2, 0.25) is 0 Å². The van der Waals surface area contributed by atoms with Gasteiger partial charge in [-0.05, 0) is 6.07 Å². The Balaban J connectivity index is 3.23. The molecular formula is C6H6FN3O2. The van der Waals surface area contributed by atoms with E-state index in [4.69, 9.17) is 5.84 Å². The van der Waals surface area contributed by atoms with Crippen LogP contribution in [0.15, 0.2) is 18.2 Å². The van der Waals surface area contributed by atoms with Crippen molar-refractivity contribution in [2.45, 2.75) is 0 Å². The molecule has 0 saturated carbocycles. The first-order chi connectivity index (χ1) is 5.66. The summed E-state index contributed by atoms with van der Waals surface area (Å²) < 4.78 is 12.9. The molecule has 0 spiro atoms. The maximum atomic E-state index is 12.9. The quantitative estimate of drug-likeness (QED) is 0.395. The van der Waals surface area contributed by atoms with Crippen molar-refractivity contribution in [3.8, 4) is 0 Å². The molecule has 0 aliphatic heterocycles. The highest BCUT2D eigenvalue weighted by Crippen LogP contribution is 2.22. The number of nitrogens with zero attached hydrogens (tertiary/aromatic N) is 1. The molecule has 0 aliphatic carbocycles. The highest BCUT2D eigenvalue weighted by atomic mass is 19.1. The molecule has 0 amide bonds. The molecule has 0 heterocycles. The molecule has 1 rings (SSSR count). The molecular weight excluding hydrogens is 165 g/mol. The third-order valence-corrected chi connectivity index (χ3v) is 1.33. The number of hydrogen-bond acceptors (Lipinski definition) is 4. The van der Waals surface area contributed by atoms with Crippen LogP contribution in [0.25, 0.3) is 0 Å². The molecule has 6 heteroatoms. The SMILES string of the molecule is NNc1cccc([N+](=O)[O-])c1F. The summed E-state index contributed by atoms with van der Waals surface area (Å²) in [6.07, 6.45) is 0. The average molecular weight is 171 g/mol. The van der Waals surface area contributed by atoms with Gasteiger partial charge in [0.05, 0.1) is 10.6 Å². The number of nitrogens with one attached hydrogen (secondary N) is 1. The number of rotatable bonds is 2. The number of benzene rings is 1. The fourth-order valence-electron chi connectivity index (χ4n) is 0.772. The van der Waals surface area contributed by atoms with Crippen LogP contribution in [0.4, 0.5) is 15.8 Å². The standard InChI is InChI=1S/C6H6FN3O2/c7-6-4(9-8)2-1-3-5(6)10(11)12/h1-3,9H,8H2. The Morgan fingerprint density at radius 2 is 2.25 bits per heavy atom. The van der Waals surface area contributed by atoms with Gasteiger partial charge in [0, 0.05) is 6.07 Å². The van der Waals surface area contributed by atoms with Crippen LogP contribution in [-0.4, -0.2) is 4.92 Å². The number of hydrogen-bond donors (Lipinski definition) is 2. The van der Waals surface area contributed by atoms with Crippen molar-refractivity contribution in [2.24, 2.45) is 5.84 Å². The Morgan fingerprint density at radius 3 is 2.75 bits per heavy atom. The lowest BCUT2D eigenvalue weighted by Gasteiger charge is -2.00. The molecule has 1 aromatic carbocycles. The van der Waals surface area contributed by atoms with Gasteiger partial charge in [-0.25, -0.2) is 0 Å². The van der Waals surface area contributed by atoms with Gasteiger partial charge in [-0.3, -0.25) is 16.0 Å². The van der Waals surface area contributed by atoms with Crippen molar-refractivity contribution < 1.29 is 9.31 Å². The second kappa shape index (κ2) is 3.14. The van der Waals surface area contributed by atoms with Crippen LogP contribution in [0.3, 0.4) is 0 Å². The fourth-order valence-corrected chi connectivity index (χ4v) is 0.772. The van der Waals surface area contributed by atoms with Gasteiger partial charge in [0.25, 0.3) is 0 Å². The maximum Gasteiger partial charge on any atom is 0.307 e. The van der Waals surface area contributed by atoms with Crippen LogP contribution in [0.5, 0.6) is 0 Å². The minimum absolute atomic E-state index is 0.0933. The molecule has 3 N–H and O–H groups in total. The summed E-state index contributed by atoms with van der Waals surface area (Å²) in [4.78, 5) is 9.38. The molecule has 1 aromatic rings. The number of nitro benzene ring substituents is 1. The van der Waals surface area contributed by atoms with Crippen molar-refractivity contribution >= 4 is 11.4 Å². The van der Waals surface area contributed by atoms with E-state index in [0.717, 1.165) is 6.07 Å². The lowest BCUT2D eigenvalue weighted by molar-refractivity contribution is -0.387. The number of nitrogens with two attached hydrogens (primary N) is 1. The molecule has 0 bridgehead atoms. The fraction of sp³-hybridized carbons (Fsp3) is 0. The number of nitro groups is 1. The summed E-state index contributed by atoms with van der Waals surface area (Å²) in [6.45, 7) is 0. The van der Waals surface area contributed by atoms with E-state index in [0.29, 0.717) is 0 Å². The van der Waals surface area contributed by atoms with Gasteiger partial charge in [-0.1, -0.05) is 6.07 Å². The maximum absolute atomic E-state index is 12.9. The summed E-state index contributed by atoms with van der Waals surface area (Å²) in [6, 6.07) is 3.72. The van der Waals surface area contributed by atoms with Crippen molar-refractivity contribution in [3.63, 3.8) is 0 Å². The van der Waals surface area contributed by atoms with Crippen molar-refractivity contribution in [1.82, 2.24) is 0 Å². The first-order valence-electron chi connectivity index (χ1n) is 3.06. The summed E-state index contributed by atoms with van der Waals surface area (Å²) in [7, 11) is 0. The van der Waals surface area contributed by atoms with Crippen LogP contribution in [-0.2, 0) is 0 Å². The van der Waals surface area contributed by atoms with E-state index in [2.05, 4.69) is 0 Å². The first-order valence-corrected chi connectivity index (χ1v) is 3.06. The smallest absolute Gasteiger partial charge is 0.307 e. The summed E-state index contributed by atoms with van der Waals surface area (Å²) in [5.74, 6) is 3.95. The number of nitrogen functional groups attached to an aromatic ring is 1. The zero-order valence-electron chi connectivity index (χ0n) is 5.95. The molecule has 0 aliphatic rings. The molecule has 0 unspecified atom stereocenters. The number of anilines is 1. The molecule has 0 aromatic heterocycles. The Bertz CT molecular complexity index is 316. The van der Waals surface area contributed by atoms with Gasteiger partial charge in [0.1, 0.15) is 0 Å². The van der Waals surface area contributed by atoms with Crippen LogP contribution >= 0.6 is 0 Å². The van der Waals surface area contributed by atoms with E-state index in [-0.39, 0.29) is 5.69 Å². The highest BCUT2D eigenvalue weighted by Gasteiger charge is 2.15. The third kappa shape index (κ3) is 1.32. The van der Waals surface area contributed by atoms with E-state index < -0.39 is 16.4 Å². The monoisotopic (exact) mass is 171 g/mol. The van der Waals surface area contributed by atoms with E-state index in [1.807, 2.05) is 5.43 Å². The molecule has 5 nitrogen and oxygen atoms in total. The zero-order valence-corrected chi connectivity index (χ0v) is 5.95. The highest BCUT2D eigenvalue weighted by molar-refractivity contribution is 5.52. The van der Waals surface area contributed by atoms with E-state index in [1.54, 1.807) is 0 Å². The predicted molar refractivity (Wildman–Crippen MR) is 40.9 cm³/mol. The molecule has 12 heavy (non-hydrogen) atoms. The Kier molecular flexibility index (Phi) is 2.20. The summed E-state index contributed by atoms with van der Waals surface area (Å²) in [5, 5.41) is 10.2. The van der Waals surface area contributed by atoms with Gasteiger partial charge in [-0.15, -0.1) is 0 Å². The van der Waals surface area contributed by atoms with E-state index in [9.17, 15) is 14.5 Å². The molecule has 0 saturated heterocycles. The van der Waals surface area contributed by atoms with E-state index >= 15 is 0 Å². The lowest BCUT2D eigenvalue weighted by atomic mass is 10.3. The van der Waals surface area contributed by atoms with Crippen molar-refractivity contribution in [3.05, 3.63) is 34.1 Å². The predicted octanol–water partition coefficient (Wildman–Crippen LogP) is 1.02. The van der Waals surface area contributed by atoms with Gasteiger partial charge >= 0.3 is 5.69 Å². The van der Waals surface area contributed by atoms with Crippen LogP contribution in [0.1, 0.15) is 0 Å². The molecule has 0 fully saturated rings. The topological polar surface area (TPSA) is 81.2 Å². The molecule has 0 atom stereocenters. The summed E-state index contributed by atoms with van der Waals surface area (Å²) in [5.41, 5.74) is 1.33. The lowest BCUT2D eigenvalue weighted by Crippen LogP contribution is -2.09. The zero-order chi connectivity index (χ0) is 9.14. The number of hydrazine groups is 1. The normalized spacial score (nSPS) is 9.50. The summed E-state index contributed by atoms with van der Waals surface area (Å²) >= 11 is 0. The minimum atomic E-state index is -0.954. The second-order valence-corrected chi connectivity index (χ2v) is 2.04. The minimum Gasteiger partial charge on any atom is -0.321 e.